The molecular weight excluding hydrogens is 306 g/mol. The average molecular weight is 327 g/mol. The highest BCUT2D eigenvalue weighted by molar-refractivity contribution is 7.86. The summed E-state index contributed by atoms with van der Waals surface area (Å²) < 4.78 is 28.9. The van der Waals surface area contributed by atoms with E-state index >= 15 is 0 Å². The predicted octanol–water partition coefficient (Wildman–Crippen LogP) is 2.87. The Morgan fingerprint density at radius 1 is 1.10 bits per heavy atom. The topological polar surface area (TPSA) is 53.5 Å². The van der Waals surface area contributed by atoms with Gasteiger partial charge >= 0.3 is 0 Å². The monoisotopic (exact) mass is 327 g/mol. The first-order chi connectivity index (χ1) is 9.75. The molecule has 0 saturated heterocycles. The minimum absolute atomic E-state index is 0.0833. The highest BCUT2D eigenvalue weighted by Crippen LogP contribution is 2.30. The lowest BCUT2D eigenvalue weighted by atomic mass is 10.3. The van der Waals surface area contributed by atoms with E-state index in [0.29, 0.717) is 0 Å². The second-order valence-electron chi connectivity index (χ2n) is 5.33. The second-order valence-corrected chi connectivity index (χ2v) is 8.44. The molecule has 7 heteroatoms. The molecule has 0 aliphatic carbocycles. The standard InChI is InChI=1S/C14H21N3O2S2/c1-10(2)16(4)21(18,19)17(5)11(3)14-15-12-8-6-7-9-13(12)20-14/h6-11H,1-5H3/t11-/m0/s1. The van der Waals surface area contributed by atoms with Gasteiger partial charge in [-0.3, -0.25) is 0 Å². The Balaban J connectivity index is 2.32. The van der Waals surface area contributed by atoms with Crippen molar-refractivity contribution in [3.8, 4) is 0 Å². The molecule has 2 aromatic rings. The van der Waals surface area contributed by atoms with E-state index in [4.69, 9.17) is 0 Å². The molecule has 0 amide bonds. The molecule has 1 heterocycles. The number of hydrogen-bond acceptors (Lipinski definition) is 4. The molecule has 21 heavy (non-hydrogen) atoms. The van der Waals surface area contributed by atoms with Gasteiger partial charge in [0.2, 0.25) is 0 Å². The van der Waals surface area contributed by atoms with Crippen LogP contribution in [0.3, 0.4) is 0 Å². The molecule has 1 atom stereocenters. The largest absolute Gasteiger partial charge is 0.282 e. The van der Waals surface area contributed by atoms with Crippen molar-refractivity contribution in [2.24, 2.45) is 0 Å². The summed E-state index contributed by atoms with van der Waals surface area (Å²) >= 11 is 1.53. The van der Waals surface area contributed by atoms with Crippen LogP contribution in [-0.4, -0.2) is 42.1 Å². The van der Waals surface area contributed by atoms with Crippen LogP contribution in [0.1, 0.15) is 31.8 Å². The van der Waals surface area contributed by atoms with Gasteiger partial charge in [0.25, 0.3) is 10.2 Å². The molecule has 2 rings (SSSR count). The summed E-state index contributed by atoms with van der Waals surface area (Å²) in [7, 11) is -0.289. The summed E-state index contributed by atoms with van der Waals surface area (Å²) in [6.45, 7) is 5.57. The maximum absolute atomic E-state index is 12.5. The Bertz CT molecular complexity index is 692. The van der Waals surface area contributed by atoms with Crippen LogP contribution in [0.5, 0.6) is 0 Å². The van der Waals surface area contributed by atoms with E-state index < -0.39 is 10.2 Å². The van der Waals surface area contributed by atoms with Gasteiger partial charge in [-0.25, -0.2) is 4.98 Å². The van der Waals surface area contributed by atoms with Gasteiger partial charge in [0, 0.05) is 20.1 Å². The zero-order valence-corrected chi connectivity index (χ0v) is 14.6. The molecule has 1 aromatic carbocycles. The number of fused-ring (bicyclic) bond motifs is 1. The fraction of sp³-hybridized carbons (Fsp3) is 0.500. The lowest BCUT2D eigenvalue weighted by Crippen LogP contribution is -2.43. The lowest BCUT2D eigenvalue weighted by molar-refractivity contribution is 0.327. The first-order valence-corrected chi connectivity index (χ1v) is 9.03. The molecule has 0 saturated carbocycles. The van der Waals surface area contributed by atoms with Crippen molar-refractivity contribution in [3.05, 3.63) is 29.3 Å². The Labute approximate surface area is 130 Å². The van der Waals surface area contributed by atoms with Crippen LogP contribution in [0.4, 0.5) is 0 Å². The van der Waals surface area contributed by atoms with Gasteiger partial charge in [-0.1, -0.05) is 12.1 Å². The van der Waals surface area contributed by atoms with Crippen molar-refractivity contribution < 1.29 is 8.42 Å². The minimum Gasteiger partial charge on any atom is -0.239 e. The Kier molecular flexibility index (Phi) is 4.67. The number of aromatic nitrogens is 1. The Morgan fingerprint density at radius 3 is 2.29 bits per heavy atom. The summed E-state index contributed by atoms with van der Waals surface area (Å²) in [6.07, 6.45) is 0. The Hall–Kier alpha value is -1.02. The van der Waals surface area contributed by atoms with Gasteiger partial charge in [0.15, 0.2) is 0 Å². The van der Waals surface area contributed by atoms with E-state index in [0.717, 1.165) is 15.2 Å². The predicted molar refractivity (Wildman–Crippen MR) is 87.6 cm³/mol. The fourth-order valence-corrected chi connectivity index (χ4v) is 4.46. The summed E-state index contributed by atoms with van der Waals surface area (Å²) in [5.41, 5.74) is 0.910. The van der Waals surface area contributed by atoms with Crippen LogP contribution in [0.25, 0.3) is 10.2 Å². The first-order valence-electron chi connectivity index (χ1n) is 6.81. The molecule has 0 N–H and O–H groups in total. The van der Waals surface area contributed by atoms with Gasteiger partial charge in [0.1, 0.15) is 5.01 Å². The second kappa shape index (κ2) is 6.00. The normalized spacial score (nSPS) is 14.5. The first kappa shape index (κ1) is 16.4. The third-order valence-electron chi connectivity index (χ3n) is 3.67. The van der Waals surface area contributed by atoms with Crippen molar-refractivity contribution in [1.29, 1.82) is 0 Å². The van der Waals surface area contributed by atoms with Crippen molar-refractivity contribution in [3.63, 3.8) is 0 Å². The van der Waals surface area contributed by atoms with Crippen LogP contribution < -0.4 is 0 Å². The highest BCUT2D eigenvalue weighted by atomic mass is 32.2. The van der Waals surface area contributed by atoms with Crippen molar-refractivity contribution in [2.45, 2.75) is 32.9 Å². The molecule has 0 aliphatic rings. The summed E-state index contributed by atoms with van der Waals surface area (Å²) in [4.78, 5) is 4.55. The molecule has 0 radical (unpaired) electrons. The number of para-hydroxylation sites is 1. The van der Waals surface area contributed by atoms with E-state index in [1.807, 2.05) is 45.0 Å². The highest BCUT2D eigenvalue weighted by Gasteiger charge is 2.31. The average Bonchev–Trinajstić information content (AvgIpc) is 2.88. The van der Waals surface area contributed by atoms with E-state index in [2.05, 4.69) is 4.98 Å². The number of thiazole rings is 1. The molecule has 0 spiro atoms. The molecule has 0 unspecified atom stereocenters. The molecular formula is C14H21N3O2S2. The van der Waals surface area contributed by atoms with Crippen LogP contribution >= 0.6 is 11.3 Å². The number of benzene rings is 1. The summed E-state index contributed by atoms with van der Waals surface area (Å²) in [6, 6.07) is 7.45. The maximum atomic E-state index is 12.5. The van der Waals surface area contributed by atoms with Crippen LogP contribution in [-0.2, 0) is 10.2 Å². The van der Waals surface area contributed by atoms with Crippen LogP contribution in [0.2, 0.25) is 0 Å². The maximum Gasteiger partial charge on any atom is 0.282 e. The van der Waals surface area contributed by atoms with Crippen molar-refractivity contribution >= 4 is 31.8 Å². The number of rotatable bonds is 5. The number of hydrogen-bond donors (Lipinski definition) is 0. The van der Waals surface area contributed by atoms with Gasteiger partial charge in [-0.05, 0) is 32.9 Å². The van der Waals surface area contributed by atoms with E-state index in [1.54, 1.807) is 14.1 Å². The molecule has 0 aliphatic heterocycles. The van der Waals surface area contributed by atoms with Crippen molar-refractivity contribution in [1.82, 2.24) is 13.6 Å². The number of nitrogens with zero attached hydrogens (tertiary/aromatic N) is 3. The third-order valence-corrected chi connectivity index (χ3v) is 7.07. The summed E-state index contributed by atoms with van der Waals surface area (Å²) in [5.74, 6) is 0. The van der Waals surface area contributed by atoms with Gasteiger partial charge in [-0.15, -0.1) is 11.3 Å². The van der Waals surface area contributed by atoms with E-state index in [-0.39, 0.29) is 12.1 Å². The minimum atomic E-state index is -3.49. The zero-order chi connectivity index (χ0) is 15.8. The van der Waals surface area contributed by atoms with Crippen LogP contribution in [0.15, 0.2) is 24.3 Å². The summed E-state index contributed by atoms with van der Waals surface area (Å²) in [5, 5.41) is 0.805. The Morgan fingerprint density at radius 2 is 1.71 bits per heavy atom. The van der Waals surface area contributed by atoms with Gasteiger partial charge in [-0.2, -0.15) is 17.0 Å². The van der Waals surface area contributed by atoms with Gasteiger partial charge < -0.3 is 0 Å². The molecule has 0 fully saturated rings. The molecule has 1 aromatic heterocycles. The van der Waals surface area contributed by atoms with Gasteiger partial charge in [0.05, 0.1) is 16.3 Å². The molecule has 116 valence electrons. The smallest absolute Gasteiger partial charge is 0.239 e. The fourth-order valence-electron chi connectivity index (χ4n) is 1.89. The third kappa shape index (κ3) is 3.11. The SMILES string of the molecule is CC(C)N(C)S(=O)(=O)N(C)[C@@H](C)c1nc2ccccc2s1. The van der Waals surface area contributed by atoms with E-state index in [9.17, 15) is 8.42 Å². The zero-order valence-electron chi connectivity index (χ0n) is 12.9. The van der Waals surface area contributed by atoms with E-state index in [1.165, 1.54) is 19.9 Å². The lowest BCUT2D eigenvalue weighted by Gasteiger charge is -2.29. The molecule has 0 bridgehead atoms. The quantitative estimate of drug-likeness (QED) is 0.848. The van der Waals surface area contributed by atoms with Crippen molar-refractivity contribution in [2.75, 3.05) is 14.1 Å². The molecule has 5 nitrogen and oxygen atoms in total. The van der Waals surface area contributed by atoms with Crippen LogP contribution in [0, 0.1) is 0 Å².